The quantitative estimate of drug-likeness (QED) is 0.734. The first kappa shape index (κ1) is 16.5. The number of nitrogens with zero attached hydrogens (tertiary/aromatic N) is 3. The van der Waals surface area contributed by atoms with Crippen molar-refractivity contribution in [1.29, 1.82) is 5.26 Å². The summed E-state index contributed by atoms with van der Waals surface area (Å²) in [7, 11) is -3.74. The highest BCUT2D eigenvalue weighted by atomic mass is 32.2. The van der Waals surface area contributed by atoms with Gasteiger partial charge in [0, 0.05) is 32.6 Å². The zero-order valence-corrected chi connectivity index (χ0v) is 12.9. The molecule has 1 aromatic rings. The monoisotopic (exact) mass is 326 g/mol. The Labute approximate surface area is 129 Å². The molecule has 2 heterocycles. The van der Waals surface area contributed by atoms with Crippen molar-refractivity contribution in [2.45, 2.75) is 17.9 Å². The fraction of sp³-hybridized carbons (Fsp3) is 0.538. The minimum atomic E-state index is -3.74. The summed E-state index contributed by atoms with van der Waals surface area (Å²) >= 11 is 0. The molecule has 0 spiro atoms. The summed E-state index contributed by atoms with van der Waals surface area (Å²) in [6, 6.07) is 4.59. The number of nitriles is 1. The Hall–Kier alpha value is -1.89. The van der Waals surface area contributed by atoms with E-state index in [-0.39, 0.29) is 10.9 Å². The lowest BCUT2D eigenvalue weighted by atomic mass is 10.3. The lowest BCUT2D eigenvalue weighted by Crippen LogP contribution is -2.48. The van der Waals surface area contributed by atoms with Gasteiger partial charge in [-0.2, -0.15) is 9.57 Å². The van der Waals surface area contributed by atoms with Crippen LogP contribution in [0.15, 0.2) is 21.6 Å². The molecule has 8 nitrogen and oxygen atoms in total. The zero-order chi connectivity index (χ0) is 16.2. The van der Waals surface area contributed by atoms with E-state index < -0.39 is 15.9 Å². The smallest absolute Gasteiger partial charge is 0.284 e. The Morgan fingerprint density at radius 3 is 2.55 bits per heavy atom. The van der Waals surface area contributed by atoms with Crippen LogP contribution in [0.3, 0.4) is 0 Å². The van der Waals surface area contributed by atoms with E-state index in [4.69, 9.17) is 15.4 Å². The molecule has 0 bridgehead atoms. The lowest BCUT2D eigenvalue weighted by Gasteiger charge is -2.33. The first-order valence-corrected chi connectivity index (χ1v) is 8.38. The van der Waals surface area contributed by atoms with Gasteiger partial charge in [-0.3, -0.25) is 4.79 Å². The van der Waals surface area contributed by atoms with Gasteiger partial charge in [0.2, 0.25) is 5.09 Å². The molecule has 0 aromatic carbocycles. The number of rotatable bonds is 6. The summed E-state index contributed by atoms with van der Waals surface area (Å²) in [6.45, 7) is 2.69. The molecule has 1 aliphatic rings. The fourth-order valence-corrected chi connectivity index (χ4v) is 3.63. The molecule has 120 valence electrons. The number of piperazine rings is 1. The molecule has 0 unspecified atom stereocenters. The Kier molecular flexibility index (Phi) is 5.18. The van der Waals surface area contributed by atoms with Crippen molar-refractivity contribution in [2.75, 3.05) is 32.7 Å². The van der Waals surface area contributed by atoms with Crippen LogP contribution in [0.1, 0.15) is 23.4 Å². The first-order valence-electron chi connectivity index (χ1n) is 6.94. The van der Waals surface area contributed by atoms with Gasteiger partial charge in [0.15, 0.2) is 5.76 Å². The second-order valence-electron chi connectivity index (χ2n) is 4.99. The molecule has 2 N–H and O–H groups in total. The number of furan rings is 1. The third-order valence-corrected chi connectivity index (χ3v) is 5.29. The van der Waals surface area contributed by atoms with Gasteiger partial charge >= 0.3 is 0 Å². The second-order valence-corrected chi connectivity index (χ2v) is 6.86. The van der Waals surface area contributed by atoms with E-state index in [2.05, 4.69) is 11.0 Å². The predicted octanol–water partition coefficient (Wildman–Crippen LogP) is -0.0114. The molecular weight excluding hydrogens is 308 g/mol. The fourth-order valence-electron chi connectivity index (χ4n) is 2.29. The summed E-state index contributed by atoms with van der Waals surface area (Å²) in [4.78, 5) is 13.1. The van der Waals surface area contributed by atoms with Gasteiger partial charge in [-0.15, -0.1) is 0 Å². The number of hydrogen-bond donors (Lipinski definition) is 1. The first-order chi connectivity index (χ1) is 10.4. The summed E-state index contributed by atoms with van der Waals surface area (Å²) in [6.07, 6.45) is 1.28. The van der Waals surface area contributed by atoms with E-state index in [0.717, 1.165) is 13.0 Å². The van der Waals surface area contributed by atoms with E-state index in [0.29, 0.717) is 32.6 Å². The van der Waals surface area contributed by atoms with Crippen LogP contribution in [0, 0.1) is 11.3 Å². The number of sulfonamides is 1. The molecule has 0 aliphatic carbocycles. The molecule has 9 heteroatoms. The van der Waals surface area contributed by atoms with Crippen LogP contribution in [0.25, 0.3) is 0 Å². The average Bonchev–Trinajstić information content (AvgIpc) is 2.99. The number of primary amides is 1. The molecule has 2 rings (SSSR count). The van der Waals surface area contributed by atoms with Crippen molar-refractivity contribution in [3.8, 4) is 6.07 Å². The maximum absolute atomic E-state index is 12.4. The third kappa shape index (κ3) is 3.65. The van der Waals surface area contributed by atoms with Gasteiger partial charge in [-0.05, 0) is 25.1 Å². The van der Waals surface area contributed by atoms with Crippen LogP contribution in [-0.4, -0.2) is 56.3 Å². The minimum absolute atomic E-state index is 0.172. The molecule has 1 fully saturated rings. The van der Waals surface area contributed by atoms with E-state index >= 15 is 0 Å². The molecular formula is C13H18N4O4S. The van der Waals surface area contributed by atoms with Crippen LogP contribution in [0.2, 0.25) is 0 Å². The molecule has 0 saturated carbocycles. The summed E-state index contributed by atoms with van der Waals surface area (Å²) < 4.78 is 31.2. The minimum Gasteiger partial charge on any atom is -0.438 e. The highest BCUT2D eigenvalue weighted by molar-refractivity contribution is 7.89. The van der Waals surface area contributed by atoms with E-state index in [1.807, 2.05) is 0 Å². The van der Waals surface area contributed by atoms with Crippen LogP contribution >= 0.6 is 0 Å². The highest BCUT2D eigenvalue weighted by Gasteiger charge is 2.31. The van der Waals surface area contributed by atoms with Gasteiger partial charge in [0.1, 0.15) is 0 Å². The predicted molar refractivity (Wildman–Crippen MR) is 77.3 cm³/mol. The van der Waals surface area contributed by atoms with Crippen LogP contribution in [0.4, 0.5) is 0 Å². The van der Waals surface area contributed by atoms with Crippen LogP contribution < -0.4 is 5.73 Å². The number of carbonyl (C=O) groups is 1. The van der Waals surface area contributed by atoms with Crippen LogP contribution in [0.5, 0.6) is 0 Å². The topological polar surface area (TPSA) is 121 Å². The van der Waals surface area contributed by atoms with Gasteiger partial charge < -0.3 is 15.1 Å². The Morgan fingerprint density at radius 2 is 2.00 bits per heavy atom. The molecule has 1 amide bonds. The number of nitrogens with two attached hydrogens (primary N) is 1. The molecule has 0 radical (unpaired) electrons. The molecule has 22 heavy (non-hydrogen) atoms. The van der Waals surface area contributed by atoms with Gasteiger partial charge in [-0.1, -0.05) is 0 Å². The standard InChI is InChI=1S/C13H18N4O4S/c14-5-1-2-6-16-7-9-17(10-8-16)22(19,20)12-4-3-11(21-12)13(15)18/h3-4H,1-2,6-10H2,(H2,15,18). The maximum atomic E-state index is 12.4. The number of hydrogen-bond acceptors (Lipinski definition) is 6. The molecule has 1 aliphatic heterocycles. The van der Waals surface area contributed by atoms with Crippen LogP contribution in [-0.2, 0) is 10.0 Å². The Balaban J connectivity index is 1.97. The third-order valence-electron chi connectivity index (χ3n) is 3.51. The number of amides is 1. The Bertz CT molecular complexity index is 668. The van der Waals surface area contributed by atoms with Gasteiger partial charge in [-0.25, -0.2) is 8.42 Å². The van der Waals surface area contributed by atoms with E-state index in [9.17, 15) is 13.2 Å². The van der Waals surface area contributed by atoms with Gasteiger partial charge in [0.05, 0.1) is 6.07 Å². The molecule has 1 aromatic heterocycles. The van der Waals surface area contributed by atoms with Crippen molar-refractivity contribution in [3.63, 3.8) is 0 Å². The largest absolute Gasteiger partial charge is 0.438 e. The van der Waals surface area contributed by atoms with Crippen molar-refractivity contribution < 1.29 is 17.6 Å². The van der Waals surface area contributed by atoms with E-state index in [1.54, 1.807) is 0 Å². The second kappa shape index (κ2) is 6.91. The molecule has 1 saturated heterocycles. The maximum Gasteiger partial charge on any atom is 0.284 e. The van der Waals surface area contributed by atoms with Crippen molar-refractivity contribution in [3.05, 3.63) is 17.9 Å². The normalized spacial score (nSPS) is 17.2. The number of carbonyl (C=O) groups excluding carboxylic acids is 1. The Morgan fingerprint density at radius 1 is 1.32 bits per heavy atom. The SMILES string of the molecule is N#CCCCN1CCN(S(=O)(=O)c2ccc(C(N)=O)o2)CC1. The van der Waals surface area contributed by atoms with Crippen molar-refractivity contribution in [2.24, 2.45) is 5.73 Å². The highest BCUT2D eigenvalue weighted by Crippen LogP contribution is 2.20. The summed E-state index contributed by atoms with van der Waals surface area (Å²) in [5.41, 5.74) is 5.05. The summed E-state index contributed by atoms with van der Waals surface area (Å²) in [5.74, 6) is -0.975. The molecule has 0 atom stereocenters. The van der Waals surface area contributed by atoms with Crippen molar-refractivity contribution in [1.82, 2.24) is 9.21 Å². The van der Waals surface area contributed by atoms with Gasteiger partial charge in [0.25, 0.3) is 15.9 Å². The van der Waals surface area contributed by atoms with E-state index in [1.165, 1.54) is 16.4 Å². The lowest BCUT2D eigenvalue weighted by molar-refractivity contribution is 0.0968. The zero-order valence-electron chi connectivity index (χ0n) is 12.1. The summed E-state index contributed by atoms with van der Waals surface area (Å²) in [5, 5.41) is 8.25. The average molecular weight is 326 g/mol. The number of unbranched alkanes of at least 4 members (excludes halogenated alkanes) is 1. The van der Waals surface area contributed by atoms with Crippen molar-refractivity contribution >= 4 is 15.9 Å².